The van der Waals surface area contributed by atoms with Gasteiger partial charge >= 0.3 is 6.03 Å². The summed E-state index contributed by atoms with van der Waals surface area (Å²) in [4.78, 5) is 28.3. The van der Waals surface area contributed by atoms with E-state index in [4.69, 9.17) is 0 Å². The summed E-state index contributed by atoms with van der Waals surface area (Å²) in [5, 5.41) is 4.96. The number of nitrogens with one attached hydrogen (secondary N) is 1. The second-order valence-electron chi connectivity index (χ2n) is 6.40. The van der Waals surface area contributed by atoms with Gasteiger partial charge in [0.25, 0.3) is 5.91 Å². The largest absolute Gasteiger partial charge is 0.337 e. The highest BCUT2D eigenvalue weighted by Gasteiger charge is 2.49. The maximum absolute atomic E-state index is 12.3. The van der Waals surface area contributed by atoms with E-state index < -0.39 is 0 Å². The summed E-state index contributed by atoms with van der Waals surface area (Å²) < 4.78 is 0. The third-order valence-electron chi connectivity index (χ3n) is 4.55. The first-order valence-electron chi connectivity index (χ1n) is 7.30. The Morgan fingerprint density at radius 2 is 2.19 bits per heavy atom. The van der Waals surface area contributed by atoms with Crippen molar-refractivity contribution in [2.45, 2.75) is 25.3 Å². The molecular formula is C15H21N3O2S. The van der Waals surface area contributed by atoms with E-state index in [2.05, 4.69) is 5.32 Å². The highest BCUT2D eigenvalue weighted by Crippen LogP contribution is 2.48. The van der Waals surface area contributed by atoms with Crippen LogP contribution in [0.1, 0.15) is 28.9 Å². The molecule has 1 aromatic heterocycles. The molecule has 3 amide bonds. The molecule has 0 radical (unpaired) electrons. The van der Waals surface area contributed by atoms with Crippen molar-refractivity contribution < 1.29 is 9.59 Å². The molecule has 114 valence electrons. The lowest BCUT2D eigenvalue weighted by Crippen LogP contribution is -2.54. The Labute approximate surface area is 128 Å². The zero-order valence-corrected chi connectivity index (χ0v) is 13.3. The van der Waals surface area contributed by atoms with E-state index in [1.807, 2.05) is 22.4 Å². The van der Waals surface area contributed by atoms with Crippen molar-refractivity contribution in [3.8, 4) is 0 Å². The molecule has 0 bridgehead atoms. The summed E-state index contributed by atoms with van der Waals surface area (Å²) in [5.41, 5.74) is 0.233. The van der Waals surface area contributed by atoms with Crippen molar-refractivity contribution in [3.05, 3.63) is 22.4 Å². The topological polar surface area (TPSA) is 52.7 Å². The molecule has 1 aliphatic carbocycles. The van der Waals surface area contributed by atoms with Crippen molar-refractivity contribution in [1.29, 1.82) is 0 Å². The van der Waals surface area contributed by atoms with Gasteiger partial charge in [0.15, 0.2) is 0 Å². The normalized spacial score (nSPS) is 27.5. The van der Waals surface area contributed by atoms with Gasteiger partial charge in [-0.15, -0.1) is 11.3 Å². The Kier molecular flexibility index (Phi) is 3.65. The average Bonchev–Trinajstić information content (AvgIpc) is 3.06. The van der Waals surface area contributed by atoms with Crippen LogP contribution in [-0.2, 0) is 0 Å². The van der Waals surface area contributed by atoms with Gasteiger partial charge in [0.2, 0.25) is 0 Å². The van der Waals surface area contributed by atoms with Crippen LogP contribution in [0.4, 0.5) is 4.79 Å². The zero-order valence-electron chi connectivity index (χ0n) is 12.5. The molecule has 1 aromatic rings. The molecule has 2 fully saturated rings. The van der Waals surface area contributed by atoms with E-state index >= 15 is 0 Å². The molecule has 1 spiro atoms. The molecule has 0 aromatic carbocycles. The lowest BCUT2D eigenvalue weighted by molar-refractivity contribution is 0.0669. The van der Waals surface area contributed by atoms with Gasteiger partial charge in [0.05, 0.1) is 4.88 Å². The maximum Gasteiger partial charge on any atom is 0.317 e. The van der Waals surface area contributed by atoms with E-state index in [0.29, 0.717) is 0 Å². The first-order valence-corrected chi connectivity index (χ1v) is 8.18. The number of urea groups is 1. The molecule has 1 aliphatic heterocycles. The number of carbonyl (C=O) groups is 2. The summed E-state index contributed by atoms with van der Waals surface area (Å²) in [7, 11) is 3.50. The molecule has 6 heteroatoms. The Balaban J connectivity index is 1.52. The van der Waals surface area contributed by atoms with Crippen LogP contribution in [-0.4, -0.2) is 55.0 Å². The van der Waals surface area contributed by atoms with Crippen LogP contribution >= 0.6 is 11.3 Å². The molecule has 2 aliphatic rings. The summed E-state index contributed by atoms with van der Waals surface area (Å²) in [6.45, 7) is 1.67. The quantitative estimate of drug-likeness (QED) is 0.909. The van der Waals surface area contributed by atoms with Crippen LogP contribution in [0.15, 0.2) is 17.5 Å². The van der Waals surface area contributed by atoms with Crippen LogP contribution in [0.5, 0.6) is 0 Å². The maximum atomic E-state index is 12.3. The number of thiophene rings is 1. The lowest BCUT2D eigenvalue weighted by atomic mass is 9.65. The van der Waals surface area contributed by atoms with Gasteiger partial charge < -0.3 is 15.1 Å². The molecular weight excluding hydrogens is 286 g/mol. The second kappa shape index (κ2) is 5.33. The number of carbonyl (C=O) groups excluding carboxylic acids is 2. The van der Waals surface area contributed by atoms with Crippen LogP contribution in [0.3, 0.4) is 0 Å². The Hall–Kier alpha value is -1.56. The molecule has 1 N–H and O–H groups in total. The van der Waals surface area contributed by atoms with Crippen molar-refractivity contribution in [2.75, 3.05) is 27.2 Å². The van der Waals surface area contributed by atoms with E-state index in [-0.39, 0.29) is 23.4 Å². The fraction of sp³-hybridized carbons (Fsp3) is 0.600. The van der Waals surface area contributed by atoms with Crippen LogP contribution in [0.25, 0.3) is 0 Å². The van der Waals surface area contributed by atoms with Gasteiger partial charge in [0, 0.05) is 33.2 Å². The van der Waals surface area contributed by atoms with E-state index in [1.54, 1.807) is 19.0 Å². The second-order valence-corrected chi connectivity index (χ2v) is 7.35. The number of amides is 3. The average molecular weight is 307 g/mol. The number of hydrogen-bond donors (Lipinski definition) is 1. The van der Waals surface area contributed by atoms with Crippen molar-refractivity contribution in [3.63, 3.8) is 0 Å². The molecule has 2 heterocycles. The minimum absolute atomic E-state index is 0.0284. The van der Waals surface area contributed by atoms with Crippen molar-refractivity contribution >= 4 is 23.3 Å². The van der Waals surface area contributed by atoms with Crippen LogP contribution in [0.2, 0.25) is 0 Å². The molecule has 0 unspecified atom stereocenters. The molecule has 5 nitrogen and oxygen atoms in total. The highest BCUT2D eigenvalue weighted by molar-refractivity contribution is 7.12. The molecule has 21 heavy (non-hydrogen) atoms. The molecule has 1 saturated heterocycles. The van der Waals surface area contributed by atoms with E-state index in [9.17, 15) is 9.59 Å². The molecule has 0 atom stereocenters. The fourth-order valence-corrected chi connectivity index (χ4v) is 4.08. The summed E-state index contributed by atoms with van der Waals surface area (Å²) in [6.07, 6.45) is 3.03. The lowest BCUT2D eigenvalue weighted by Gasteiger charge is -2.45. The third-order valence-corrected chi connectivity index (χ3v) is 5.41. The van der Waals surface area contributed by atoms with E-state index in [0.717, 1.165) is 37.2 Å². The zero-order chi connectivity index (χ0) is 15.0. The first-order chi connectivity index (χ1) is 9.99. The Bertz CT molecular complexity index is 535. The molecule has 1 saturated carbocycles. The standard InChI is InChI=1S/C15H21N3O2S/c1-17(2)14(20)16-11-8-15(9-11)5-6-18(10-15)13(19)12-4-3-7-21-12/h3-4,7,11H,5-6,8-10H2,1-2H3,(H,16,20). The van der Waals surface area contributed by atoms with Gasteiger partial charge in [-0.05, 0) is 36.1 Å². The third kappa shape index (κ3) is 2.77. The Morgan fingerprint density at radius 3 is 2.81 bits per heavy atom. The fourth-order valence-electron chi connectivity index (χ4n) is 3.39. The summed E-state index contributed by atoms with van der Waals surface area (Å²) in [6, 6.07) is 4.04. The van der Waals surface area contributed by atoms with Gasteiger partial charge in [-0.2, -0.15) is 0 Å². The Morgan fingerprint density at radius 1 is 1.43 bits per heavy atom. The smallest absolute Gasteiger partial charge is 0.317 e. The number of hydrogen-bond acceptors (Lipinski definition) is 3. The van der Waals surface area contributed by atoms with Crippen molar-refractivity contribution in [1.82, 2.24) is 15.1 Å². The van der Waals surface area contributed by atoms with Gasteiger partial charge in [-0.3, -0.25) is 4.79 Å². The monoisotopic (exact) mass is 307 g/mol. The van der Waals surface area contributed by atoms with Gasteiger partial charge in [-0.1, -0.05) is 6.07 Å². The summed E-state index contributed by atoms with van der Waals surface area (Å²) in [5.74, 6) is 0.155. The van der Waals surface area contributed by atoms with Crippen molar-refractivity contribution in [2.24, 2.45) is 5.41 Å². The van der Waals surface area contributed by atoms with Gasteiger partial charge in [0.1, 0.15) is 0 Å². The minimum atomic E-state index is -0.0284. The number of nitrogens with zero attached hydrogens (tertiary/aromatic N) is 2. The predicted octanol–water partition coefficient (Wildman–Crippen LogP) is 2.01. The summed E-state index contributed by atoms with van der Waals surface area (Å²) >= 11 is 1.50. The number of likely N-dealkylation sites (tertiary alicyclic amines) is 1. The predicted molar refractivity (Wildman–Crippen MR) is 82.5 cm³/mol. The molecule has 3 rings (SSSR count). The SMILES string of the molecule is CN(C)C(=O)NC1CC2(CCN(C(=O)c3cccs3)C2)C1. The highest BCUT2D eigenvalue weighted by atomic mass is 32.1. The minimum Gasteiger partial charge on any atom is -0.337 e. The van der Waals surface area contributed by atoms with Crippen LogP contribution < -0.4 is 5.32 Å². The first kappa shape index (κ1) is 14.4. The van der Waals surface area contributed by atoms with E-state index in [1.165, 1.54) is 11.3 Å². The van der Waals surface area contributed by atoms with Crippen LogP contribution in [0, 0.1) is 5.41 Å². The number of rotatable bonds is 2. The van der Waals surface area contributed by atoms with Gasteiger partial charge in [-0.25, -0.2) is 4.79 Å².